The van der Waals surface area contributed by atoms with E-state index < -0.39 is 11.2 Å². The lowest BCUT2D eigenvalue weighted by Crippen LogP contribution is -2.45. The third kappa shape index (κ3) is 4.60. The maximum absolute atomic E-state index is 12.6. The van der Waals surface area contributed by atoms with Crippen LogP contribution in [-0.2, 0) is 10.2 Å². The average molecular weight is 428 g/mol. The lowest BCUT2D eigenvalue weighted by atomic mass is 9.59. The summed E-state index contributed by atoms with van der Waals surface area (Å²) in [6.07, 6.45) is 3.87. The van der Waals surface area contributed by atoms with Gasteiger partial charge in [-0.2, -0.15) is 0 Å². The van der Waals surface area contributed by atoms with Crippen molar-refractivity contribution in [3.8, 4) is 0 Å². The Morgan fingerprint density at radius 1 is 1.18 bits per heavy atom. The zero-order valence-corrected chi connectivity index (χ0v) is 18.7. The number of aliphatic hydroxyl groups is 1. The molecule has 0 radical (unpaired) electrons. The van der Waals surface area contributed by atoms with E-state index in [9.17, 15) is 9.90 Å². The highest BCUT2D eigenvalue weighted by Gasteiger charge is 2.48. The number of amides is 1. The molecule has 6 heteroatoms. The van der Waals surface area contributed by atoms with Gasteiger partial charge in [0.1, 0.15) is 5.60 Å². The van der Waals surface area contributed by atoms with Gasteiger partial charge in [-0.3, -0.25) is 0 Å². The van der Waals surface area contributed by atoms with Gasteiger partial charge in [-0.15, -0.1) is 0 Å². The smallest absolute Gasteiger partial charge is 0.410 e. The fraction of sp³-hybridized carbons (Fsp3) is 0.682. The highest BCUT2D eigenvalue weighted by atomic mass is 35.5. The molecule has 3 rings (SSSR count). The molecule has 1 aromatic carbocycles. The molecule has 1 saturated carbocycles. The van der Waals surface area contributed by atoms with E-state index in [2.05, 4.69) is 6.07 Å². The van der Waals surface area contributed by atoms with Gasteiger partial charge < -0.3 is 14.7 Å². The minimum atomic E-state index is -0.636. The molecule has 156 valence electrons. The Morgan fingerprint density at radius 3 is 2.39 bits per heavy atom. The summed E-state index contributed by atoms with van der Waals surface area (Å²) < 4.78 is 5.57. The van der Waals surface area contributed by atoms with Gasteiger partial charge in [0, 0.05) is 18.5 Å². The average Bonchev–Trinajstić information content (AvgIpc) is 3.07. The molecule has 1 aliphatic heterocycles. The van der Waals surface area contributed by atoms with Crippen molar-refractivity contribution in [2.45, 2.75) is 76.4 Å². The Balaban J connectivity index is 1.86. The van der Waals surface area contributed by atoms with Crippen molar-refractivity contribution in [3.63, 3.8) is 0 Å². The fourth-order valence-electron chi connectivity index (χ4n) is 4.68. The monoisotopic (exact) mass is 427 g/mol. The Kier molecular flexibility index (Phi) is 5.97. The van der Waals surface area contributed by atoms with Crippen LogP contribution in [-0.4, -0.2) is 40.4 Å². The van der Waals surface area contributed by atoms with Crippen LogP contribution in [0.25, 0.3) is 0 Å². The number of nitrogens with zero attached hydrogens (tertiary/aromatic N) is 1. The number of hydrogen-bond acceptors (Lipinski definition) is 3. The minimum Gasteiger partial charge on any atom is -0.444 e. The number of ether oxygens (including phenoxy) is 1. The molecule has 0 aromatic heterocycles. The molecule has 1 amide bonds. The summed E-state index contributed by atoms with van der Waals surface area (Å²) in [6.45, 7) is 8.93. The maximum Gasteiger partial charge on any atom is 0.410 e. The van der Waals surface area contributed by atoms with Crippen LogP contribution in [0.5, 0.6) is 0 Å². The van der Waals surface area contributed by atoms with Crippen LogP contribution in [0.15, 0.2) is 18.2 Å². The lowest BCUT2D eigenvalue weighted by molar-refractivity contribution is -0.0125. The summed E-state index contributed by atoms with van der Waals surface area (Å²) in [7, 11) is 0. The van der Waals surface area contributed by atoms with Gasteiger partial charge >= 0.3 is 6.09 Å². The van der Waals surface area contributed by atoms with Gasteiger partial charge in [0.2, 0.25) is 0 Å². The fourth-order valence-corrected chi connectivity index (χ4v) is 4.97. The van der Waals surface area contributed by atoms with E-state index in [1.54, 1.807) is 0 Å². The first-order valence-corrected chi connectivity index (χ1v) is 10.8. The molecule has 1 aliphatic carbocycles. The number of carbonyl (C=O) groups is 1. The van der Waals surface area contributed by atoms with Crippen molar-refractivity contribution < 1.29 is 14.6 Å². The quantitative estimate of drug-likeness (QED) is 0.647. The molecule has 2 fully saturated rings. The first-order chi connectivity index (χ1) is 12.9. The summed E-state index contributed by atoms with van der Waals surface area (Å²) >= 11 is 12.5. The van der Waals surface area contributed by atoms with E-state index in [1.165, 1.54) is 0 Å². The number of rotatable bonds is 2. The van der Waals surface area contributed by atoms with Gasteiger partial charge in [-0.1, -0.05) is 29.3 Å². The largest absolute Gasteiger partial charge is 0.444 e. The van der Waals surface area contributed by atoms with Crippen molar-refractivity contribution in [2.75, 3.05) is 13.1 Å². The summed E-state index contributed by atoms with van der Waals surface area (Å²) in [5.41, 5.74) is -0.0929. The Labute approximate surface area is 178 Å². The Bertz CT molecular complexity index is 732. The molecule has 1 atom stereocenters. The standard InChI is InChI=1S/C22H31Cl2NO3/c1-20(2,3)28-19(26)25-12-7-16(14-25)22(10-8-21(4,27)9-11-22)15-5-6-17(23)18(24)13-15/h5-6,13,16,27H,7-12,14H2,1-4H3/t16-,21-,22+/m1/s1. The molecule has 0 bridgehead atoms. The molecular weight excluding hydrogens is 397 g/mol. The highest BCUT2D eigenvalue weighted by Crippen LogP contribution is 2.51. The van der Waals surface area contributed by atoms with Crippen LogP contribution in [0.1, 0.15) is 65.4 Å². The summed E-state index contributed by atoms with van der Waals surface area (Å²) in [5, 5.41) is 11.6. The van der Waals surface area contributed by atoms with E-state index in [1.807, 2.05) is 44.7 Å². The number of hydrogen-bond donors (Lipinski definition) is 1. The second kappa shape index (κ2) is 7.70. The zero-order valence-electron chi connectivity index (χ0n) is 17.2. The van der Waals surface area contributed by atoms with Crippen molar-refractivity contribution in [1.82, 2.24) is 4.90 Å². The van der Waals surface area contributed by atoms with Crippen LogP contribution in [0.3, 0.4) is 0 Å². The summed E-state index contributed by atoms with van der Waals surface area (Å²) in [5.74, 6) is 0.299. The van der Waals surface area contributed by atoms with Gasteiger partial charge in [-0.05, 0) is 83.4 Å². The molecule has 1 heterocycles. The topological polar surface area (TPSA) is 49.8 Å². The molecule has 1 aromatic rings. The number of carbonyl (C=O) groups excluding carboxylic acids is 1. The van der Waals surface area contributed by atoms with Crippen LogP contribution in [0.4, 0.5) is 4.79 Å². The Morgan fingerprint density at radius 2 is 1.82 bits per heavy atom. The van der Waals surface area contributed by atoms with Gasteiger partial charge in [0.05, 0.1) is 15.6 Å². The normalized spacial score (nSPS) is 31.1. The van der Waals surface area contributed by atoms with Gasteiger partial charge in [0.15, 0.2) is 0 Å². The van der Waals surface area contributed by atoms with Crippen LogP contribution < -0.4 is 0 Å². The van der Waals surface area contributed by atoms with Crippen LogP contribution >= 0.6 is 23.2 Å². The number of benzene rings is 1. The molecule has 2 aliphatic rings. The predicted molar refractivity (Wildman–Crippen MR) is 113 cm³/mol. The first kappa shape index (κ1) is 21.7. The molecule has 1 saturated heterocycles. The molecule has 4 nitrogen and oxygen atoms in total. The van der Waals surface area contributed by atoms with E-state index in [-0.39, 0.29) is 11.5 Å². The zero-order chi connectivity index (χ0) is 20.7. The van der Waals surface area contributed by atoms with Crippen molar-refractivity contribution in [1.29, 1.82) is 0 Å². The second-order valence-corrected chi connectivity index (χ2v) is 10.5. The van der Waals surface area contributed by atoms with Crippen LogP contribution in [0, 0.1) is 5.92 Å². The lowest BCUT2D eigenvalue weighted by Gasteiger charge is -2.47. The second-order valence-electron chi connectivity index (χ2n) is 9.69. The highest BCUT2D eigenvalue weighted by molar-refractivity contribution is 6.42. The molecular formula is C22H31Cl2NO3. The Hall–Kier alpha value is -0.970. The summed E-state index contributed by atoms with van der Waals surface area (Å²) in [6, 6.07) is 5.89. The number of likely N-dealkylation sites (tertiary alicyclic amines) is 1. The third-order valence-electron chi connectivity index (χ3n) is 6.34. The predicted octanol–water partition coefficient (Wildman–Crippen LogP) is 5.81. The van der Waals surface area contributed by atoms with Gasteiger partial charge in [-0.25, -0.2) is 4.79 Å². The first-order valence-electron chi connectivity index (χ1n) is 10.1. The van der Waals surface area contributed by atoms with Gasteiger partial charge in [0.25, 0.3) is 0 Å². The molecule has 0 unspecified atom stereocenters. The number of halogens is 2. The third-order valence-corrected chi connectivity index (χ3v) is 7.07. The van der Waals surface area contributed by atoms with Crippen molar-refractivity contribution in [3.05, 3.63) is 33.8 Å². The van der Waals surface area contributed by atoms with Crippen molar-refractivity contribution >= 4 is 29.3 Å². The van der Waals surface area contributed by atoms with E-state index in [4.69, 9.17) is 27.9 Å². The molecule has 28 heavy (non-hydrogen) atoms. The van der Waals surface area contributed by atoms with Crippen molar-refractivity contribution in [2.24, 2.45) is 5.92 Å². The molecule has 0 spiro atoms. The van der Waals surface area contributed by atoms with E-state index >= 15 is 0 Å². The maximum atomic E-state index is 12.6. The summed E-state index contributed by atoms with van der Waals surface area (Å²) in [4.78, 5) is 14.4. The molecule has 1 N–H and O–H groups in total. The van der Waals surface area contributed by atoms with Crippen LogP contribution in [0.2, 0.25) is 10.0 Å². The van der Waals surface area contributed by atoms with E-state index in [0.717, 1.165) is 37.7 Å². The minimum absolute atomic E-state index is 0.118. The van der Waals surface area contributed by atoms with E-state index in [0.29, 0.717) is 29.1 Å². The SMILES string of the molecule is CC(C)(C)OC(=O)N1CC[C@@H]([C@]2(c3ccc(Cl)c(Cl)c3)CC[C@](C)(O)CC2)C1.